The summed E-state index contributed by atoms with van der Waals surface area (Å²) in [5.74, 6) is -0.419. The minimum atomic E-state index is -3.82. The lowest BCUT2D eigenvalue weighted by Gasteiger charge is -2.27. The van der Waals surface area contributed by atoms with Crippen molar-refractivity contribution in [2.24, 2.45) is 0 Å². The van der Waals surface area contributed by atoms with E-state index in [2.05, 4.69) is 5.32 Å². The lowest BCUT2D eigenvalue weighted by atomic mass is 10.1. The molecule has 0 aliphatic carbocycles. The number of ether oxygens (including phenoxy) is 2. The van der Waals surface area contributed by atoms with Gasteiger partial charge in [0.25, 0.3) is 0 Å². The number of fused-ring (bicyclic) bond motifs is 2. The predicted molar refractivity (Wildman–Crippen MR) is 94.3 cm³/mol. The highest BCUT2D eigenvalue weighted by molar-refractivity contribution is 7.89. The third-order valence-corrected chi connectivity index (χ3v) is 6.62. The topological polar surface area (TPSA) is 67.9 Å². The maximum Gasteiger partial charge on any atom is 0.247 e. The van der Waals surface area contributed by atoms with Crippen LogP contribution in [0.25, 0.3) is 0 Å². The lowest BCUT2D eigenvalue weighted by Crippen LogP contribution is -2.42. The molecule has 2 aliphatic rings. The molecule has 2 aliphatic heterocycles. The van der Waals surface area contributed by atoms with Gasteiger partial charge in [0, 0.05) is 25.7 Å². The minimum absolute atomic E-state index is 0. The highest BCUT2D eigenvalue weighted by Crippen LogP contribution is 2.36. The molecule has 2 atom stereocenters. The molecular formula is C16H24ClFN2O4S. The van der Waals surface area contributed by atoms with Crippen molar-refractivity contribution in [1.29, 1.82) is 0 Å². The van der Waals surface area contributed by atoms with Crippen molar-refractivity contribution < 1.29 is 22.3 Å². The molecule has 0 aromatic heterocycles. The Bertz CT molecular complexity index is 675. The number of methoxy groups -OCH3 is 1. The van der Waals surface area contributed by atoms with Crippen LogP contribution >= 0.6 is 12.4 Å². The van der Waals surface area contributed by atoms with E-state index in [9.17, 15) is 12.8 Å². The van der Waals surface area contributed by atoms with Crippen molar-refractivity contribution >= 4 is 22.4 Å². The summed E-state index contributed by atoms with van der Waals surface area (Å²) in [5, 5.41) is 3.27. The lowest BCUT2D eigenvalue weighted by molar-refractivity contribution is 0.144. The van der Waals surface area contributed by atoms with Crippen LogP contribution < -0.4 is 10.1 Å². The molecule has 2 heterocycles. The molecule has 2 bridgehead atoms. The number of rotatable bonds is 6. The fraction of sp³-hybridized carbons (Fsp3) is 0.625. The number of hydrogen-bond donors (Lipinski definition) is 1. The van der Waals surface area contributed by atoms with Gasteiger partial charge in [0.15, 0.2) is 0 Å². The van der Waals surface area contributed by atoms with E-state index in [1.807, 2.05) is 0 Å². The third kappa shape index (κ3) is 4.25. The fourth-order valence-corrected chi connectivity index (χ4v) is 5.53. The van der Waals surface area contributed by atoms with Gasteiger partial charge >= 0.3 is 0 Å². The summed E-state index contributed by atoms with van der Waals surface area (Å²) in [4.78, 5) is -0.0996. The molecule has 9 heteroatoms. The van der Waals surface area contributed by atoms with Gasteiger partial charge in [0.05, 0.1) is 6.61 Å². The maximum atomic E-state index is 13.7. The van der Waals surface area contributed by atoms with Crippen LogP contribution in [-0.4, -0.2) is 58.2 Å². The molecule has 25 heavy (non-hydrogen) atoms. The van der Waals surface area contributed by atoms with Gasteiger partial charge in [-0.2, -0.15) is 4.31 Å². The molecule has 142 valence electrons. The molecule has 1 aromatic rings. The highest BCUT2D eigenvalue weighted by atomic mass is 35.5. The Balaban J connectivity index is 0.00000225. The quantitative estimate of drug-likeness (QED) is 0.745. The second kappa shape index (κ2) is 8.64. The predicted octanol–water partition coefficient (Wildman–Crippen LogP) is 1.79. The van der Waals surface area contributed by atoms with Crippen molar-refractivity contribution in [1.82, 2.24) is 9.62 Å². The number of nitrogens with zero attached hydrogens (tertiary/aromatic N) is 1. The van der Waals surface area contributed by atoms with E-state index in [0.717, 1.165) is 31.9 Å². The summed E-state index contributed by atoms with van der Waals surface area (Å²) in [7, 11) is -2.29. The second-order valence-corrected chi connectivity index (χ2v) is 7.96. The zero-order valence-electron chi connectivity index (χ0n) is 14.1. The van der Waals surface area contributed by atoms with Gasteiger partial charge in [-0.3, -0.25) is 0 Å². The van der Waals surface area contributed by atoms with Gasteiger partial charge in [-0.25, -0.2) is 12.8 Å². The molecule has 3 rings (SSSR count). The first-order valence-electron chi connectivity index (χ1n) is 8.19. The van der Waals surface area contributed by atoms with E-state index in [-0.39, 0.29) is 41.7 Å². The fourth-order valence-electron chi connectivity index (χ4n) is 3.48. The van der Waals surface area contributed by atoms with E-state index >= 15 is 0 Å². The van der Waals surface area contributed by atoms with Crippen LogP contribution in [0.5, 0.6) is 5.75 Å². The van der Waals surface area contributed by atoms with Crippen LogP contribution in [0.1, 0.15) is 19.3 Å². The second-order valence-electron chi connectivity index (χ2n) is 6.15. The average molecular weight is 395 g/mol. The van der Waals surface area contributed by atoms with Gasteiger partial charge in [-0.05, 0) is 44.0 Å². The van der Waals surface area contributed by atoms with E-state index in [1.165, 1.54) is 19.2 Å². The highest BCUT2D eigenvalue weighted by Gasteiger charge is 2.44. The van der Waals surface area contributed by atoms with Gasteiger partial charge in [-0.15, -0.1) is 12.4 Å². The SMILES string of the molecule is COCCOc1ccc(F)cc1S(=O)(=O)N1C2CCNCC1CC2.Cl. The Morgan fingerprint density at radius 3 is 2.76 bits per heavy atom. The van der Waals surface area contributed by atoms with Gasteiger partial charge in [0.2, 0.25) is 10.0 Å². The standard InChI is InChI=1S/C16H23FN2O4S.ClH/c1-22-8-9-23-15-5-2-12(17)10-16(15)24(20,21)19-13-3-4-14(19)11-18-7-6-13;/h2,5,10,13-14,18H,3-4,6-9,11H2,1H3;1H. The van der Waals surface area contributed by atoms with E-state index < -0.39 is 15.8 Å². The number of halogens is 2. The molecule has 2 saturated heterocycles. The Kier molecular flexibility index (Phi) is 7.04. The van der Waals surface area contributed by atoms with Gasteiger partial charge in [-0.1, -0.05) is 0 Å². The first kappa shape index (κ1) is 20.4. The number of nitrogens with one attached hydrogen (secondary N) is 1. The van der Waals surface area contributed by atoms with Gasteiger partial charge in [0.1, 0.15) is 23.1 Å². The molecule has 0 amide bonds. The summed E-state index contributed by atoms with van der Waals surface area (Å²) in [6, 6.07) is 3.51. The molecule has 0 spiro atoms. The Morgan fingerprint density at radius 1 is 1.24 bits per heavy atom. The average Bonchev–Trinajstić information content (AvgIpc) is 2.82. The molecule has 2 fully saturated rings. The Morgan fingerprint density at radius 2 is 2.00 bits per heavy atom. The molecular weight excluding hydrogens is 371 g/mol. The van der Waals surface area contributed by atoms with Gasteiger partial charge < -0.3 is 14.8 Å². The van der Waals surface area contributed by atoms with Crippen LogP contribution in [0.2, 0.25) is 0 Å². The largest absolute Gasteiger partial charge is 0.490 e. The normalized spacial score (nSPS) is 23.8. The molecule has 6 nitrogen and oxygen atoms in total. The van der Waals surface area contributed by atoms with Crippen LogP contribution in [0.3, 0.4) is 0 Å². The Labute approximate surface area is 154 Å². The molecule has 2 unspecified atom stereocenters. The molecule has 0 radical (unpaired) electrons. The number of hydrogen-bond acceptors (Lipinski definition) is 5. The van der Waals surface area contributed by atoms with Crippen molar-refractivity contribution in [2.45, 2.75) is 36.2 Å². The van der Waals surface area contributed by atoms with E-state index in [1.54, 1.807) is 4.31 Å². The number of benzene rings is 1. The molecule has 1 N–H and O–H groups in total. The maximum absolute atomic E-state index is 13.7. The monoisotopic (exact) mass is 394 g/mol. The first-order valence-corrected chi connectivity index (χ1v) is 9.63. The van der Waals surface area contributed by atoms with Crippen LogP contribution in [-0.2, 0) is 14.8 Å². The zero-order valence-corrected chi connectivity index (χ0v) is 15.7. The third-order valence-electron chi connectivity index (χ3n) is 4.59. The van der Waals surface area contributed by atoms with Crippen LogP contribution in [0.4, 0.5) is 4.39 Å². The van der Waals surface area contributed by atoms with Crippen LogP contribution in [0.15, 0.2) is 23.1 Å². The summed E-state index contributed by atoms with van der Waals surface area (Å²) >= 11 is 0. The summed E-state index contributed by atoms with van der Waals surface area (Å²) in [5.41, 5.74) is 0. The van der Waals surface area contributed by atoms with Crippen molar-refractivity contribution in [3.8, 4) is 5.75 Å². The van der Waals surface area contributed by atoms with E-state index in [0.29, 0.717) is 13.2 Å². The summed E-state index contributed by atoms with van der Waals surface area (Å²) < 4.78 is 52.2. The van der Waals surface area contributed by atoms with Crippen molar-refractivity contribution in [2.75, 3.05) is 33.4 Å². The Hall–Kier alpha value is -0.930. The molecule has 1 aromatic carbocycles. The van der Waals surface area contributed by atoms with Crippen molar-refractivity contribution in [3.05, 3.63) is 24.0 Å². The van der Waals surface area contributed by atoms with Crippen LogP contribution in [0, 0.1) is 5.82 Å². The summed E-state index contributed by atoms with van der Waals surface area (Å²) in [6.07, 6.45) is 2.44. The summed E-state index contributed by atoms with van der Waals surface area (Å²) in [6.45, 7) is 1.97. The number of sulfonamides is 1. The molecule has 0 saturated carbocycles. The van der Waals surface area contributed by atoms with Crippen molar-refractivity contribution in [3.63, 3.8) is 0 Å². The first-order chi connectivity index (χ1) is 11.5. The smallest absolute Gasteiger partial charge is 0.247 e. The van der Waals surface area contributed by atoms with E-state index in [4.69, 9.17) is 9.47 Å². The zero-order chi connectivity index (χ0) is 17.2. The minimum Gasteiger partial charge on any atom is -0.490 e.